The van der Waals surface area contributed by atoms with Gasteiger partial charge in [-0.1, -0.05) is 11.6 Å². The van der Waals surface area contributed by atoms with Crippen molar-refractivity contribution >= 4 is 23.2 Å². The Morgan fingerprint density at radius 1 is 1.20 bits per heavy atom. The highest BCUT2D eigenvalue weighted by Gasteiger charge is 2.23. The zero-order valence-corrected chi connectivity index (χ0v) is 14.5. The maximum Gasteiger partial charge on any atom is 0.274 e. The van der Waals surface area contributed by atoms with Crippen molar-refractivity contribution in [3.8, 4) is 5.88 Å². The Hall–Kier alpha value is -2.41. The van der Waals surface area contributed by atoms with Crippen LogP contribution in [0.5, 0.6) is 5.88 Å². The number of anilines is 1. The van der Waals surface area contributed by atoms with Crippen LogP contribution < -0.4 is 9.64 Å². The molecular weight excluding hydrogens is 347 g/mol. The van der Waals surface area contributed by atoms with Crippen LogP contribution in [0.3, 0.4) is 0 Å². The molecular formula is C17H18ClFN4O2. The highest BCUT2D eigenvalue weighted by atomic mass is 35.5. The molecule has 1 aliphatic rings. The fourth-order valence-electron chi connectivity index (χ4n) is 2.67. The monoisotopic (exact) mass is 364 g/mol. The number of halogens is 2. The van der Waals surface area contributed by atoms with Gasteiger partial charge in [0.2, 0.25) is 5.88 Å². The molecule has 2 aromatic rings. The lowest BCUT2D eigenvalue weighted by atomic mass is 10.2. The number of hydrogen-bond donors (Lipinski definition) is 0. The molecule has 1 aliphatic heterocycles. The molecule has 1 amide bonds. The highest BCUT2D eigenvalue weighted by molar-refractivity contribution is 6.31. The first-order valence-electron chi connectivity index (χ1n) is 8.04. The van der Waals surface area contributed by atoms with E-state index in [1.165, 1.54) is 6.07 Å². The molecule has 3 rings (SSSR count). The standard InChI is InChI=1S/C17H18ClFN4O2/c1-2-25-16-6-5-15(20-21-16)17(24)23-9-7-22(8-10-23)12-3-4-14(19)13(18)11-12/h3-6,11H,2,7-10H2,1H3. The minimum atomic E-state index is -0.437. The van der Waals surface area contributed by atoms with E-state index in [0.717, 1.165) is 5.69 Å². The maximum atomic E-state index is 13.3. The van der Waals surface area contributed by atoms with E-state index in [1.807, 2.05) is 6.92 Å². The lowest BCUT2D eigenvalue weighted by Gasteiger charge is -2.36. The van der Waals surface area contributed by atoms with Crippen LogP contribution >= 0.6 is 11.6 Å². The third kappa shape index (κ3) is 3.99. The van der Waals surface area contributed by atoms with E-state index >= 15 is 0 Å². The van der Waals surface area contributed by atoms with Crippen molar-refractivity contribution in [1.82, 2.24) is 15.1 Å². The predicted molar refractivity (Wildman–Crippen MR) is 92.7 cm³/mol. The molecule has 1 aromatic carbocycles. The van der Waals surface area contributed by atoms with Crippen molar-refractivity contribution in [2.24, 2.45) is 0 Å². The number of nitrogens with zero attached hydrogens (tertiary/aromatic N) is 4. The van der Waals surface area contributed by atoms with Crippen LogP contribution in [0, 0.1) is 5.82 Å². The van der Waals surface area contributed by atoms with Gasteiger partial charge in [0.05, 0.1) is 11.6 Å². The van der Waals surface area contributed by atoms with E-state index < -0.39 is 5.82 Å². The third-order valence-electron chi connectivity index (χ3n) is 3.99. The number of carbonyl (C=O) groups excluding carboxylic acids is 1. The third-order valence-corrected chi connectivity index (χ3v) is 4.28. The minimum Gasteiger partial charge on any atom is -0.477 e. The molecule has 25 heavy (non-hydrogen) atoms. The molecule has 0 N–H and O–H groups in total. The van der Waals surface area contributed by atoms with Gasteiger partial charge < -0.3 is 14.5 Å². The number of rotatable bonds is 4. The van der Waals surface area contributed by atoms with Gasteiger partial charge in [0.1, 0.15) is 5.82 Å². The second-order valence-corrected chi connectivity index (χ2v) is 5.97. The van der Waals surface area contributed by atoms with Gasteiger partial charge in [-0.2, -0.15) is 0 Å². The Labute approximate surface area is 150 Å². The van der Waals surface area contributed by atoms with E-state index in [9.17, 15) is 9.18 Å². The van der Waals surface area contributed by atoms with Gasteiger partial charge in [0, 0.05) is 37.9 Å². The normalized spacial score (nSPS) is 14.5. The maximum absolute atomic E-state index is 13.3. The van der Waals surface area contributed by atoms with Crippen molar-refractivity contribution in [2.45, 2.75) is 6.92 Å². The Morgan fingerprint density at radius 3 is 2.56 bits per heavy atom. The molecule has 0 saturated carbocycles. The largest absolute Gasteiger partial charge is 0.477 e. The molecule has 0 atom stereocenters. The van der Waals surface area contributed by atoms with Crippen molar-refractivity contribution in [3.05, 3.63) is 46.9 Å². The molecule has 1 fully saturated rings. The zero-order chi connectivity index (χ0) is 17.8. The van der Waals surface area contributed by atoms with Crippen LogP contribution in [-0.4, -0.2) is 53.8 Å². The molecule has 0 aliphatic carbocycles. The molecule has 8 heteroatoms. The number of piperazine rings is 1. The number of benzene rings is 1. The summed E-state index contributed by atoms with van der Waals surface area (Å²) in [6.07, 6.45) is 0. The number of hydrogen-bond acceptors (Lipinski definition) is 5. The van der Waals surface area contributed by atoms with Gasteiger partial charge in [0.15, 0.2) is 5.69 Å². The molecule has 2 heterocycles. The number of ether oxygens (including phenoxy) is 1. The summed E-state index contributed by atoms with van der Waals surface area (Å²) in [4.78, 5) is 16.3. The summed E-state index contributed by atoms with van der Waals surface area (Å²) in [5.74, 6) is -0.197. The Morgan fingerprint density at radius 2 is 1.96 bits per heavy atom. The average Bonchev–Trinajstić information content (AvgIpc) is 2.64. The van der Waals surface area contributed by atoms with E-state index in [2.05, 4.69) is 15.1 Å². The van der Waals surface area contributed by atoms with Crippen LogP contribution in [-0.2, 0) is 0 Å². The van der Waals surface area contributed by atoms with Crippen molar-refractivity contribution < 1.29 is 13.9 Å². The highest BCUT2D eigenvalue weighted by Crippen LogP contribution is 2.23. The summed E-state index contributed by atoms with van der Waals surface area (Å²) < 4.78 is 18.5. The number of carbonyl (C=O) groups is 1. The van der Waals surface area contributed by atoms with E-state index in [4.69, 9.17) is 16.3 Å². The lowest BCUT2D eigenvalue weighted by Crippen LogP contribution is -2.49. The molecule has 132 valence electrons. The number of aromatic nitrogens is 2. The quantitative estimate of drug-likeness (QED) is 0.834. The van der Waals surface area contributed by atoms with Crippen LogP contribution in [0.1, 0.15) is 17.4 Å². The fourth-order valence-corrected chi connectivity index (χ4v) is 2.85. The first-order chi connectivity index (χ1) is 12.1. The number of amides is 1. The summed E-state index contributed by atoms with van der Waals surface area (Å²) in [6.45, 7) is 4.72. The lowest BCUT2D eigenvalue weighted by molar-refractivity contribution is 0.0739. The Kier molecular flexibility index (Phi) is 5.33. The van der Waals surface area contributed by atoms with E-state index in [0.29, 0.717) is 44.4 Å². The molecule has 0 unspecified atom stereocenters. The average molecular weight is 365 g/mol. The Bertz CT molecular complexity index is 749. The van der Waals surface area contributed by atoms with Crippen LogP contribution in [0.4, 0.5) is 10.1 Å². The summed E-state index contributed by atoms with van der Waals surface area (Å²) >= 11 is 5.84. The van der Waals surface area contributed by atoms with Crippen molar-refractivity contribution in [1.29, 1.82) is 0 Å². The van der Waals surface area contributed by atoms with Gasteiger partial charge in [0.25, 0.3) is 5.91 Å². The molecule has 0 radical (unpaired) electrons. The van der Waals surface area contributed by atoms with Crippen LogP contribution in [0.15, 0.2) is 30.3 Å². The summed E-state index contributed by atoms with van der Waals surface area (Å²) in [5, 5.41) is 7.91. The van der Waals surface area contributed by atoms with Crippen molar-refractivity contribution in [3.63, 3.8) is 0 Å². The second kappa shape index (κ2) is 7.65. The predicted octanol–water partition coefficient (Wildman–Crippen LogP) is 2.63. The smallest absolute Gasteiger partial charge is 0.274 e. The summed E-state index contributed by atoms with van der Waals surface area (Å²) in [6, 6.07) is 7.90. The molecule has 1 aromatic heterocycles. The van der Waals surface area contributed by atoms with Crippen molar-refractivity contribution in [2.75, 3.05) is 37.7 Å². The van der Waals surface area contributed by atoms with E-state index in [-0.39, 0.29) is 10.9 Å². The molecule has 1 saturated heterocycles. The molecule has 0 spiro atoms. The first-order valence-corrected chi connectivity index (χ1v) is 8.42. The molecule has 0 bridgehead atoms. The Balaban J connectivity index is 1.61. The van der Waals surface area contributed by atoms with Crippen LogP contribution in [0.25, 0.3) is 0 Å². The second-order valence-electron chi connectivity index (χ2n) is 5.57. The van der Waals surface area contributed by atoms with Gasteiger partial charge in [-0.25, -0.2) is 4.39 Å². The summed E-state index contributed by atoms with van der Waals surface area (Å²) in [7, 11) is 0. The SMILES string of the molecule is CCOc1ccc(C(=O)N2CCN(c3ccc(F)c(Cl)c3)CC2)nn1. The zero-order valence-electron chi connectivity index (χ0n) is 13.8. The first kappa shape index (κ1) is 17.4. The van der Waals surface area contributed by atoms with Gasteiger partial charge in [-0.05, 0) is 31.2 Å². The van der Waals surface area contributed by atoms with Gasteiger partial charge >= 0.3 is 0 Å². The fraction of sp³-hybridized carbons (Fsp3) is 0.353. The topological polar surface area (TPSA) is 58.6 Å². The minimum absolute atomic E-state index is 0.0978. The van der Waals surface area contributed by atoms with E-state index in [1.54, 1.807) is 29.2 Å². The van der Waals surface area contributed by atoms with Gasteiger partial charge in [-0.3, -0.25) is 4.79 Å². The summed E-state index contributed by atoms with van der Waals surface area (Å²) in [5.41, 5.74) is 1.14. The molecule has 6 nitrogen and oxygen atoms in total. The van der Waals surface area contributed by atoms with Crippen LogP contribution in [0.2, 0.25) is 5.02 Å². The van der Waals surface area contributed by atoms with Gasteiger partial charge in [-0.15, -0.1) is 10.2 Å².